The van der Waals surface area contributed by atoms with Gasteiger partial charge in [-0.3, -0.25) is 4.98 Å². The summed E-state index contributed by atoms with van der Waals surface area (Å²) in [5.41, 5.74) is 1.65. The first-order valence-electron chi connectivity index (χ1n) is 5.48. The van der Waals surface area contributed by atoms with Gasteiger partial charge in [0.05, 0.1) is 0 Å². The maximum atomic E-state index is 4.16. The zero-order valence-electron chi connectivity index (χ0n) is 9.62. The second-order valence-corrected chi connectivity index (χ2v) is 4.68. The van der Waals surface area contributed by atoms with E-state index in [0.717, 1.165) is 6.42 Å². The van der Waals surface area contributed by atoms with Crippen molar-refractivity contribution in [3.63, 3.8) is 0 Å². The van der Waals surface area contributed by atoms with Crippen molar-refractivity contribution in [3.05, 3.63) is 42.2 Å². The molecule has 0 fully saturated rings. The van der Waals surface area contributed by atoms with E-state index < -0.39 is 0 Å². The normalized spacial score (nSPS) is 11.9. The summed E-state index contributed by atoms with van der Waals surface area (Å²) in [6.45, 7) is 6.79. The predicted octanol–water partition coefficient (Wildman–Crippen LogP) is 3.92. The summed E-state index contributed by atoms with van der Waals surface area (Å²) >= 11 is 0. The van der Waals surface area contributed by atoms with Crippen LogP contribution in [0.3, 0.4) is 0 Å². The molecule has 1 heterocycles. The quantitative estimate of drug-likeness (QED) is 0.714. The lowest BCUT2D eigenvalue weighted by Crippen LogP contribution is -2.15. The van der Waals surface area contributed by atoms with Crippen LogP contribution in [-0.2, 0) is 5.41 Å². The molecule has 0 N–H and O–H groups in total. The third kappa shape index (κ3) is 1.87. The maximum Gasteiger partial charge on any atom is 0.0346 e. The number of rotatable bonds is 2. The van der Waals surface area contributed by atoms with Gasteiger partial charge in [0.2, 0.25) is 0 Å². The van der Waals surface area contributed by atoms with E-state index >= 15 is 0 Å². The highest BCUT2D eigenvalue weighted by atomic mass is 14.6. The molecule has 1 nitrogen and oxygen atoms in total. The van der Waals surface area contributed by atoms with Crippen LogP contribution in [0.5, 0.6) is 0 Å². The Balaban J connectivity index is 2.56. The number of aromatic nitrogens is 1. The minimum atomic E-state index is 0.254. The lowest BCUT2D eigenvalue weighted by molar-refractivity contribution is 0.507. The van der Waals surface area contributed by atoms with Gasteiger partial charge in [-0.05, 0) is 34.9 Å². The van der Waals surface area contributed by atoms with Crippen molar-refractivity contribution in [1.82, 2.24) is 4.98 Å². The van der Waals surface area contributed by atoms with Crippen LogP contribution in [0.4, 0.5) is 0 Å². The molecule has 0 spiro atoms. The van der Waals surface area contributed by atoms with Crippen LogP contribution >= 0.6 is 0 Å². The van der Waals surface area contributed by atoms with E-state index in [1.807, 2.05) is 12.4 Å². The van der Waals surface area contributed by atoms with E-state index in [4.69, 9.17) is 0 Å². The smallest absolute Gasteiger partial charge is 0.0346 e. The monoisotopic (exact) mass is 199 g/mol. The van der Waals surface area contributed by atoms with Gasteiger partial charge in [-0.25, -0.2) is 0 Å². The van der Waals surface area contributed by atoms with Gasteiger partial charge in [0.25, 0.3) is 0 Å². The van der Waals surface area contributed by atoms with Crippen molar-refractivity contribution < 1.29 is 0 Å². The summed E-state index contributed by atoms with van der Waals surface area (Å²) < 4.78 is 0. The molecule has 0 saturated carbocycles. The van der Waals surface area contributed by atoms with Gasteiger partial charge in [-0.1, -0.05) is 32.9 Å². The molecule has 0 aliphatic rings. The Morgan fingerprint density at radius 3 is 2.67 bits per heavy atom. The number of fused-ring (bicyclic) bond motifs is 1. The van der Waals surface area contributed by atoms with E-state index in [-0.39, 0.29) is 5.41 Å². The molecule has 0 saturated heterocycles. The van der Waals surface area contributed by atoms with E-state index in [1.54, 1.807) is 0 Å². The summed E-state index contributed by atoms with van der Waals surface area (Å²) in [4.78, 5) is 4.16. The van der Waals surface area contributed by atoms with Crippen molar-refractivity contribution in [2.24, 2.45) is 0 Å². The highest BCUT2D eigenvalue weighted by molar-refractivity contribution is 5.82. The fourth-order valence-corrected chi connectivity index (χ4v) is 1.71. The van der Waals surface area contributed by atoms with Crippen molar-refractivity contribution in [2.75, 3.05) is 0 Å². The highest BCUT2D eigenvalue weighted by Crippen LogP contribution is 2.28. The number of hydrogen-bond acceptors (Lipinski definition) is 1. The van der Waals surface area contributed by atoms with E-state index in [1.165, 1.54) is 16.3 Å². The summed E-state index contributed by atoms with van der Waals surface area (Å²) in [7, 11) is 0. The number of pyridine rings is 1. The topological polar surface area (TPSA) is 12.9 Å². The second-order valence-electron chi connectivity index (χ2n) is 4.68. The van der Waals surface area contributed by atoms with Gasteiger partial charge in [-0.15, -0.1) is 0 Å². The summed E-state index contributed by atoms with van der Waals surface area (Å²) in [6, 6.07) is 8.72. The fraction of sp³-hybridized carbons (Fsp3) is 0.357. The first kappa shape index (κ1) is 10.2. The van der Waals surface area contributed by atoms with Gasteiger partial charge in [-0.2, -0.15) is 0 Å². The zero-order valence-corrected chi connectivity index (χ0v) is 9.62. The third-order valence-corrected chi connectivity index (χ3v) is 3.31. The lowest BCUT2D eigenvalue weighted by atomic mass is 9.82. The minimum absolute atomic E-state index is 0.254. The van der Waals surface area contributed by atoms with E-state index in [9.17, 15) is 0 Å². The molecular formula is C14H17N. The van der Waals surface area contributed by atoms with Crippen LogP contribution in [0.15, 0.2) is 36.7 Å². The Morgan fingerprint density at radius 2 is 1.93 bits per heavy atom. The summed E-state index contributed by atoms with van der Waals surface area (Å²) in [5.74, 6) is 0. The van der Waals surface area contributed by atoms with Gasteiger partial charge in [0.1, 0.15) is 0 Å². The molecule has 0 unspecified atom stereocenters. The Bertz CT molecular complexity index is 471. The Labute approximate surface area is 91.2 Å². The highest BCUT2D eigenvalue weighted by Gasteiger charge is 2.17. The van der Waals surface area contributed by atoms with E-state index in [2.05, 4.69) is 50.0 Å². The summed E-state index contributed by atoms with van der Waals surface area (Å²) in [5, 5.41) is 2.50. The molecule has 1 aromatic heterocycles. The van der Waals surface area contributed by atoms with Crippen molar-refractivity contribution >= 4 is 10.8 Å². The average molecular weight is 199 g/mol. The van der Waals surface area contributed by atoms with Crippen LogP contribution in [0.2, 0.25) is 0 Å². The molecule has 0 aliphatic carbocycles. The molecule has 78 valence electrons. The molecule has 2 aromatic rings. The Morgan fingerprint density at radius 1 is 1.13 bits per heavy atom. The number of nitrogens with zero attached hydrogens (tertiary/aromatic N) is 1. The molecular weight excluding hydrogens is 182 g/mol. The number of hydrogen-bond donors (Lipinski definition) is 0. The molecule has 0 bridgehead atoms. The molecule has 1 heteroatoms. The number of benzene rings is 1. The Hall–Kier alpha value is -1.37. The molecule has 0 atom stereocenters. The van der Waals surface area contributed by atoms with Crippen molar-refractivity contribution in [3.8, 4) is 0 Å². The average Bonchev–Trinajstić information content (AvgIpc) is 2.28. The lowest BCUT2D eigenvalue weighted by Gasteiger charge is -2.23. The molecule has 0 radical (unpaired) electrons. The first-order valence-corrected chi connectivity index (χ1v) is 5.48. The van der Waals surface area contributed by atoms with Crippen LogP contribution in [0.1, 0.15) is 32.8 Å². The van der Waals surface area contributed by atoms with Gasteiger partial charge >= 0.3 is 0 Å². The zero-order chi connectivity index (χ0) is 10.9. The van der Waals surface area contributed by atoms with Gasteiger partial charge in [0.15, 0.2) is 0 Å². The summed E-state index contributed by atoms with van der Waals surface area (Å²) in [6.07, 6.45) is 4.93. The Kier molecular flexibility index (Phi) is 2.47. The molecule has 15 heavy (non-hydrogen) atoms. The minimum Gasteiger partial charge on any atom is -0.264 e. The van der Waals surface area contributed by atoms with Gasteiger partial charge < -0.3 is 0 Å². The van der Waals surface area contributed by atoms with Crippen LogP contribution < -0.4 is 0 Å². The molecule has 1 aromatic carbocycles. The maximum absolute atomic E-state index is 4.16. The standard InChI is InChI=1S/C14H17N/c1-4-14(2,3)13-6-5-11-7-8-15-10-12(11)9-13/h5-10H,4H2,1-3H3. The second kappa shape index (κ2) is 3.65. The first-order chi connectivity index (χ1) is 7.13. The van der Waals surface area contributed by atoms with Crippen LogP contribution in [-0.4, -0.2) is 4.98 Å². The molecule has 2 rings (SSSR count). The molecule has 0 amide bonds. The van der Waals surface area contributed by atoms with Gasteiger partial charge in [0, 0.05) is 17.8 Å². The van der Waals surface area contributed by atoms with Crippen LogP contribution in [0, 0.1) is 0 Å². The third-order valence-electron chi connectivity index (χ3n) is 3.31. The largest absolute Gasteiger partial charge is 0.264 e. The van der Waals surface area contributed by atoms with Crippen molar-refractivity contribution in [1.29, 1.82) is 0 Å². The molecule has 0 aliphatic heterocycles. The predicted molar refractivity (Wildman–Crippen MR) is 65.1 cm³/mol. The van der Waals surface area contributed by atoms with Crippen LogP contribution in [0.25, 0.3) is 10.8 Å². The van der Waals surface area contributed by atoms with Crippen molar-refractivity contribution in [2.45, 2.75) is 32.6 Å². The SMILES string of the molecule is CCC(C)(C)c1ccc2ccncc2c1. The van der Waals surface area contributed by atoms with E-state index in [0.29, 0.717) is 0 Å². The fourth-order valence-electron chi connectivity index (χ4n) is 1.71.